The molecule has 0 spiro atoms. The number of thioether (sulfide) groups is 1. The molecule has 5 atom stereocenters. The third-order valence-electron chi connectivity index (χ3n) is 6.74. The zero-order valence-corrected chi connectivity index (χ0v) is 23.7. The number of nitrogens with two attached hydrogens (primary N) is 1. The van der Waals surface area contributed by atoms with Crippen LogP contribution < -0.4 is 16.5 Å². The maximum absolute atomic E-state index is 13.7. The van der Waals surface area contributed by atoms with Crippen LogP contribution in [0.15, 0.2) is 17.1 Å². The zero-order valence-electron chi connectivity index (χ0n) is 21.9. The molecule has 6 N–H and O–H groups in total. The van der Waals surface area contributed by atoms with Gasteiger partial charge in [-0.2, -0.15) is 4.98 Å². The Kier molecular flexibility index (Phi) is 12.2. The Balaban J connectivity index is 0.00000533. The molecule has 0 amide bonds. The molecule has 0 radical (unpaired) electrons. The van der Waals surface area contributed by atoms with Crippen molar-refractivity contribution in [3.8, 4) is 0 Å². The summed E-state index contributed by atoms with van der Waals surface area (Å²) in [7, 11) is -3.92. The van der Waals surface area contributed by atoms with Crippen molar-refractivity contribution in [3.63, 3.8) is 0 Å². The minimum Gasteiger partial charge on any atom is -0.395 e. The van der Waals surface area contributed by atoms with Crippen molar-refractivity contribution in [2.24, 2.45) is 5.41 Å². The highest BCUT2D eigenvalue weighted by Crippen LogP contribution is 2.47. The Labute approximate surface area is 233 Å². The van der Waals surface area contributed by atoms with Crippen LogP contribution in [0.25, 0.3) is 0 Å². The quantitative estimate of drug-likeness (QED) is 0.174. The van der Waals surface area contributed by atoms with E-state index in [1.165, 1.54) is 19.2 Å². The van der Waals surface area contributed by atoms with Crippen LogP contribution in [0.2, 0.25) is 0 Å². The average molecular weight is 595 g/mol. The third-order valence-corrected chi connectivity index (χ3v) is 9.62. The van der Waals surface area contributed by atoms with Gasteiger partial charge in [0.2, 0.25) is 0 Å². The number of ether oxygens (including phenoxy) is 1. The number of hydrogen-bond donors (Lipinski definition) is 5. The largest absolute Gasteiger partial charge is 0.405 e. The van der Waals surface area contributed by atoms with E-state index in [2.05, 4.69) is 10.1 Å². The van der Waals surface area contributed by atoms with Gasteiger partial charge in [-0.05, 0) is 39.7 Å². The molecule has 1 unspecified atom stereocenters. The minimum atomic E-state index is -3.92. The molecule has 1 saturated heterocycles. The number of aliphatic hydroxyl groups is 3. The van der Waals surface area contributed by atoms with Gasteiger partial charge in [0.15, 0.2) is 11.3 Å². The highest BCUT2D eigenvalue weighted by Gasteiger charge is 2.54. The third kappa shape index (κ3) is 8.57. The maximum atomic E-state index is 13.7. The molecule has 15 heteroatoms. The zero-order chi connectivity index (χ0) is 28.1. The molecule has 1 aromatic rings. The maximum Gasteiger partial charge on any atom is 0.405 e. The fourth-order valence-electron chi connectivity index (χ4n) is 4.27. The molecule has 3 rings (SSSR count). The fourth-order valence-corrected chi connectivity index (χ4v) is 6.81. The molecule has 1 aliphatic heterocycles. The van der Waals surface area contributed by atoms with E-state index in [9.17, 15) is 29.5 Å². The van der Waals surface area contributed by atoms with E-state index >= 15 is 0 Å². The topological polar surface area (TPSA) is 195 Å². The number of aromatic nitrogens is 2. The number of carbonyl (C=O) groups excluding carboxylic acids is 1. The normalized spacial score (nSPS) is 27.6. The van der Waals surface area contributed by atoms with Crippen molar-refractivity contribution < 1.29 is 38.5 Å². The summed E-state index contributed by atoms with van der Waals surface area (Å²) in [5, 5.41) is 33.8. The Hall–Kier alpha value is -1.35. The SMILES string of the molecule is C.CC(C)(CO)C(=O)SCCOP(=O)(NC1CCCCC1)OC[C@H]1O[C@@H](n2ccc(N)nc2=O)[C@](C)(O)[C@@H]1O. The minimum absolute atomic E-state index is 0. The Morgan fingerprint density at radius 3 is 2.64 bits per heavy atom. The van der Waals surface area contributed by atoms with Crippen LogP contribution in [-0.2, 0) is 23.1 Å². The molecule has 224 valence electrons. The number of rotatable bonds is 12. The van der Waals surface area contributed by atoms with Crippen molar-refractivity contribution in [1.29, 1.82) is 0 Å². The highest BCUT2D eigenvalue weighted by atomic mass is 32.2. The van der Waals surface area contributed by atoms with Gasteiger partial charge >= 0.3 is 13.4 Å². The van der Waals surface area contributed by atoms with Crippen LogP contribution in [0.4, 0.5) is 5.82 Å². The first kappa shape index (κ1) is 33.9. The molecular formula is C24H43N4O9PS. The molecule has 13 nitrogen and oxygen atoms in total. The van der Waals surface area contributed by atoms with Crippen LogP contribution in [0.5, 0.6) is 0 Å². The molecule has 0 bridgehead atoms. The Morgan fingerprint density at radius 2 is 2.03 bits per heavy atom. The number of hydrogen-bond acceptors (Lipinski definition) is 12. The monoisotopic (exact) mass is 594 g/mol. The van der Waals surface area contributed by atoms with Crippen molar-refractivity contribution in [2.45, 2.75) is 90.4 Å². The predicted octanol–water partition coefficient (Wildman–Crippen LogP) is 1.81. The molecule has 1 aliphatic carbocycles. The van der Waals surface area contributed by atoms with Crippen LogP contribution in [0.3, 0.4) is 0 Å². The van der Waals surface area contributed by atoms with Gasteiger partial charge in [-0.25, -0.2) is 14.4 Å². The molecule has 2 aliphatic rings. The Bertz CT molecular complexity index is 1060. The summed E-state index contributed by atoms with van der Waals surface area (Å²) in [4.78, 5) is 28.2. The lowest BCUT2D eigenvalue weighted by molar-refractivity contribution is -0.119. The number of aliphatic hydroxyl groups excluding tert-OH is 2. The van der Waals surface area contributed by atoms with Crippen LogP contribution in [-0.4, -0.2) is 79.4 Å². The van der Waals surface area contributed by atoms with Crippen LogP contribution in [0.1, 0.15) is 66.5 Å². The number of nitrogens with zero attached hydrogens (tertiary/aromatic N) is 2. The summed E-state index contributed by atoms with van der Waals surface area (Å²) < 4.78 is 31.8. The number of nitrogens with one attached hydrogen (secondary N) is 1. The molecular weight excluding hydrogens is 551 g/mol. The van der Waals surface area contributed by atoms with E-state index in [-0.39, 0.29) is 43.4 Å². The second-order valence-electron chi connectivity index (χ2n) is 10.5. The van der Waals surface area contributed by atoms with Gasteiger partial charge in [0.1, 0.15) is 23.6 Å². The second-order valence-corrected chi connectivity index (χ2v) is 13.3. The molecule has 2 heterocycles. The summed E-state index contributed by atoms with van der Waals surface area (Å²) in [6, 6.07) is 1.26. The second kappa shape index (κ2) is 14.0. The summed E-state index contributed by atoms with van der Waals surface area (Å²) in [5.74, 6) is 0.185. The summed E-state index contributed by atoms with van der Waals surface area (Å²) in [5.41, 5.74) is 1.96. The van der Waals surface area contributed by atoms with E-state index in [4.69, 9.17) is 19.5 Å². The summed E-state index contributed by atoms with van der Waals surface area (Å²) in [6.07, 6.45) is 1.98. The van der Waals surface area contributed by atoms with Gasteiger partial charge in [0.05, 0.1) is 25.2 Å². The van der Waals surface area contributed by atoms with Crippen molar-refractivity contribution in [3.05, 3.63) is 22.7 Å². The number of anilines is 1. The van der Waals surface area contributed by atoms with Crippen molar-refractivity contribution in [1.82, 2.24) is 14.6 Å². The molecule has 0 aromatic carbocycles. The molecule has 1 saturated carbocycles. The first-order chi connectivity index (χ1) is 17.8. The molecule has 39 heavy (non-hydrogen) atoms. The average Bonchev–Trinajstić information content (AvgIpc) is 3.09. The lowest BCUT2D eigenvalue weighted by Crippen LogP contribution is -2.46. The van der Waals surface area contributed by atoms with Gasteiger partial charge in [-0.15, -0.1) is 0 Å². The fraction of sp³-hybridized carbons (Fsp3) is 0.792. The van der Waals surface area contributed by atoms with E-state index in [0.29, 0.717) is 0 Å². The molecule has 2 fully saturated rings. The van der Waals surface area contributed by atoms with Crippen LogP contribution in [0, 0.1) is 5.41 Å². The summed E-state index contributed by atoms with van der Waals surface area (Å²) in [6.45, 7) is 3.79. The summed E-state index contributed by atoms with van der Waals surface area (Å²) >= 11 is 0.965. The smallest absolute Gasteiger partial charge is 0.395 e. The lowest BCUT2D eigenvalue weighted by Gasteiger charge is -2.29. The van der Waals surface area contributed by atoms with Crippen molar-refractivity contribution in [2.75, 3.05) is 31.3 Å². The van der Waals surface area contributed by atoms with Crippen LogP contribution >= 0.6 is 19.5 Å². The molecule has 1 aromatic heterocycles. The number of carbonyl (C=O) groups is 1. The Morgan fingerprint density at radius 1 is 1.36 bits per heavy atom. The van der Waals surface area contributed by atoms with Gasteiger partial charge in [0, 0.05) is 18.0 Å². The first-order valence-electron chi connectivity index (χ1n) is 12.6. The van der Waals surface area contributed by atoms with E-state index < -0.39 is 49.5 Å². The first-order valence-corrected chi connectivity index (χ1v) is 15.2. The van der Waals surface area contributed by atoms with Gasteiger partial charge < -0.3 is 25.8 Å². The standard InChI is InChI=1S/C23H39N4O9PS.CH4/c1-22(2,14-28)20(30)38-12-11-34-37(33,26-15-7-5-4-6-8-15)35-13-16-18(29)23(3,32)19(36-16)27-10-9-17(24)25-21(27)31;/h9-10,15-16,18-19,28-29,32H,4-8,11-14H2,1-3H3,(H,26,33)(H2,24,25,31);1H4/t16-,18-,19-,23-,37?;/m1./s1. The van der Waals surface area contributed by atoms with Gasteiger partial charge in [0.25, 0.3) is 0 Å². The van der Waals surface area contributed by atoms with E-state index in [1.54, 1.807) is 13.8 Å². The number of nitrogen functional groups attached to an aromatic ring is 1. The predicted molar refractivity (Wildman–Crippen MR) is 148 cm³/mol. The van der Waals surface area contributed by atoms with E-state index in [1.807, 2.05) is 0 Å². The van der Waals surface area contributed by atoms with Gasteiger partial charge in [-0.3, -0.25) is 18.4 Å². The van der Waals surface area contributed by atoms with E-state index in [0.717, 1.165) is 48.4 Å². The lowest BCUT2D eigenvalue weighted by atomic mass is 9.96. The van der Waals surface area contributed by atoms with Crippen molar-refractivity contribution >= 4 is 30.4 Å². The van der Waals surface area contributed by atoms with Gasteiger partial charge in [-0.1, -0.05) is 38.5 Å². The highest BCUT2D eigenvalue weighted by molar-refractivity contribution is 8.13.